The van der Waals surface area contributed by atoms with Crippen molar-refractivity contribution in [1.29, 1.82) is 0 Å². The first-order valence-corrected chi connectivity index (χ1v) is 6.54. The number of rotatable bonds is 3. The van der Waals surface area contributed by atoms with Crippen LogP contribution in [0.1, 0.15) is 30.9 Å². The molecular weight excluding hydrogens is 246 g/mol. The van der Waals surface area contributed by atoms with E-state index in [0.717, 1.165) is 13.1 Å². The van der Waals surface area contributed by atoms with E-state index in [1.54, 1.807) is 0 Å². The lowest BCUT2D eigenvalue weighted by Gasteiger charge is -2.34. The summed E-state index contributed by atoms with van der Waals surface area (Å²) in [6.45, 7) is 7.62. The van der Waals surface area contributed by atoms with Crippen LogP contribution >= 0.6 is 12.4 Å². The highest BCUT2D eigenvalue weighted by Gasteiger charge is 2.22. The third-order valence-corrected chi connectivity index (χ3v) is 3.83. The monoisotopic (exact) mass is 269 g/mol. The average Bonchev–Trinajstić information content (AvgIpc) is 2.32. The molecule has 0 aliphatic carbocycles. The van der Waals surface area contributed by atoms with Crippen LogP contribution in [-0.2, 0) is 6.54 Å². The van der Waals surface area contributed by atoms with Gasteiger partial charge in [-0.2, -0.15) is 0 Å². The fraction of sp³-hybridized carbons (Fsp3) is 0.643. The van der Waals surface area contributed by atoms with Gasteiger partial charge >= 0.3 is 0 Å². The first-order chi connectivity index (χ1) is 8.16. The highest BCUT2D eigenvalue weighted by molar-refractivity contribution is 5.85. The maximum atomic E-state index is 6.01. The normalized spacial score (nSPS) is 22.3. The van der Waals surface area contributed by atoms with Crippen molar-refractivity contribution < 1.29 is 0 Å². The number of pyridine rings is 1. The Balaban J connectivity index is 0.00000162. The molecule has 1 aromatic rings. The molecule has 0 spiro atoms. The van der Waals surface area contributed by atoms with Crippen molar-refractivity contribution in [2.75, 3.05) is 13.1 Å². The van der Waals surface area contributed by atoms with Gasteiger partial charge in [0.15, 0.2) is 0 Å². The van der Waals surface area contributed by atoms with Crippen molar-refractivity contribution in [2.45, 2.75) is 39.3 Å². The fourth-order valence-corrected chi connectivity index (χ4v) is 2.57. The summed E-state index contributed by atoms with van der Waals surface area (Å²) in [5.74, 6) is 0.653. The van der Waals surface area contributed by atoms with Crippen LogP contribution in [0, 0.1) is 12.8 Å². The lowest BCUT2D eigenvalue weighted by atomic mass is 9.92. The van der Waals surface area contributed by atoms with Crippen molar-refractivity contribution in [1.82, 2.24) is 9.88 Å². The van der Waals surface area contributed by atoms with Gasteiger partial charge in [0.05, 0.1) is 0 Å². The van der Waals surface area contributed by atoms with Gasteiger partial charge in [0.1, 0.15) is 0 Å². The minimum absolute atomic E-state index is 0. The predicted octanol–water partition coefficient (Wildman–Crippen LogP) is 2.37. The average molecular weight is 270 g/mol. The van der Waals surface area contributed by atoms with Crippen LogP contribution in [0.2, 0.25) is 0 Å². The molecule has 2 heterocycles. The summed E-state index contributed by atoms with van der Waals surface area (Å²) >= 11 is 0. The van der Waals surface area contributed by atoms with E-state index in [2.05, 4.69) is 29.8 Å². The molecule has 4 heteroatoms. The first-order valence-electron chi connectivity index (χ1n) is 6.54. The standard InChI is InChI=1S/C14H23N3.ClH/c1-11-5-6-16-8-14(11)10-17-7-3-4-13(9-17)12(2)15;/h5-6,8,12-13H,3-4,7,9-10,15H2,1-2H3;1H. The van der Waals surface area contributed by atoms with Gasteiger partial charge in [-0.1, -0.05) is 0 Å². The molecule has 2 N–H and O–H groups in total. The molecule has 102 valence electrons. The van der Waals surface area contributed by atoms with Gasteiger partial charge in [-0.05, 0) is 56.3 Å². The molecule has 3 nitrogen and oxygen atoms in total. The van der Waals surface area contributed by atoms with E-state index in [1.165, 1.54) is 30.5 Å². The molecule has 1 saturated heterocycles. The number of piperidine rings is 1. The fourth-order valence-electron chi connectivity index (χ4n) is 2.57. The molecule has 1 aliphatic rings. The van der Waals surface area contributed by atoms with Crippen molar-refractivity contribution in [3.8, 4) is 0 Å². The Kier molecular flexibility index (Phi) is 6.06. The molecule has 2 unspecified atom stereocenters. The van der Waals surface area contributed by atoms with E-state index in [-0.39, 0.29) is 12.4 Å². The molecular formula is C14H24ClN3. The second-order valence-corrected chi connectivity index (χ2v) is 5.30. The SMILES string of the molecule is Cc1ccncc1CN1CCCC(C(C)N)C1.Cl. The Hall–Kier alpha value is -0.640. The van der Waals surface area contributed by atoms with Crippen LogP contribution < -0.4 is 5.73 Å². The maximum absolute atomic E-state index is 6.01. The second-order valence-electron chi connectivity index (χ2n) is 5.30. The van der Waals surface area contributed by atoms with E-state index >= 15 is 0 Å². The van der Waals surface area contributed by atoms with Crippen molar-refractivity contribution >= 4 is 12.4 Å². The number of halogens is 1. The Bertz CT molecular complexity index is 368. The summed E-state index contributed by atoms with van der Waals surface area (Å²) in [6.07, 6.45) is 6.40. The Labute approximate surface area is 116 Å². The number of aryl methyl sites for hydroxylation is 1. The zero-order chi connectivity index (χ0) is 12.3. The quantitative estimate of drug-likeness (QED) is 0.916. The lowest BCUT2D eigenvalue weighted by Crippen LogP contribution is -2.42. The summed E-state index contributed by atoms with van der Waals surface area (Å²) in [4.78, 5) is 6.73. The van der Waals surface area contributed by atoms with Crippen LogP contribution in [0.15, 0.2) is 18.5 Å². The minimum atomic E-state index is 0. The first kappa shape index (κ1) is 15.4. The molecule has 1 fully saturated rings. The zero-order valence-corrected chi connectivity index (χ0v) is 12.1. The number of hydrogen-bond acceptors (Lipinski definition) is 3. The van der Waals surface area contributed by atoms with Crippen molar-refractivity contribution in [2.24, 2.45) is 11.7 Å². The molecule has 0 radical (unpaired) electrons. The summed E-state index contributed by atoms with van der Waals surface area (Å²) < 4.78 is 0. The Morgan fingerprint density at radius 1 is 1.56 bits per heavy atom. The largest absolute Gasteiger partial charge is 0.328 e. The van der Waals surface area contributed by atoms with E-state index in [9.17, 15) is 0 Å². The third kappa shape index (κ3) is 3.94. The zero-order valence-electron chi connectivity index (χ0n) is 11.3. The molecule has 1 aromatic heterocycles. The summed E-state index contributed by atoms with van der Waals surface area (Å²) in [6, 6.07) is 2.40. The molecule has 0 aromatic carbocycles. The van der Waals surface area contributed by atoms with E-state index in [1.807, 2.05) is 12.4 Å². The molecule has 0 saturated carbocycles. The molecule has 0 bridgehead atoms. The second kappa shape index (κ2) is 7.07. The van der Waals surface area contributed by atoms with Crippen LogP contribution in [-0.4, -0.2) is 29.0 Å². The number of nitrogens with zero attached hydrogens (tertiary/aromatic N) is 2. The van der Waals surface area contributed by atoms with Gasteiger partial charge in [-0.3, -0.25) is 9.88 Å². The highest BCUT2D eigenvalue weighted by atomic mass is 35.5. The summed E-state index contributed by atoms with van der Waals surface area (Å²) in [7, 11) is 0. The van der Waals surface area contributed by atoms with Crippen molar-refractivity contribution in [3.05, 3.63) is 29.6 Å². The summed E-state index contributed by atoms with van der Waals surface area (Å²) in [5, 5.41) is 0. The molecule has 1 aliphatic heterocycles. The topological polar surface area (TPSA) is 42.2 Å². The smallest absolute Gasteiger partial charge is 0.0315 e. The van der Waals surface area contributed by atoms with Gasteiger partial charge < -0.3 is 5.73 Å². The third-order valence-electron chi connectivity index (χ3n) is 3.83. The van der Waals surface area contributed by atoms with Gasteiger partial charge in [-0.25, -0.2) is 0 Å². The van der Waals surface area contributed by atoms with Crippen LogP contribution in [0.3, 0.4) is 0 Å². The number of likely N-dealkylation sites (tertiary alicyclic amines) is 1. The maximum Gasteiger partial charge on any atom is 0.0315 e. The van der Waals surface area contributed by atoms with E-state index in [4.69, 9.17) is 5.73 Å². The lowest BCUT2D eigenvalue weighted by molar-refractivity contribution is 0.154. The molecule has 2 atom stereocenters. The predicted molar refractivity (Wildman–Crippen MR) is 77.9 cm³/mol. The number of hydrogen-bond donors (Lipinski definition) is 1. The van der Waals surface area contributed by atoms with Gasteiger partial charge in [0.2, 0.25) is 0 Å². The van der Waals surface area contributed by atoms with E-state index < -0.39 is 0 Å². The van der Waals surface area contributed by atoms with Gasteiger partial charge in [0, 0.05) is 31.5 Å². The van der Waals surface area contributed by atoms with Crippen molar-refractivity contribution in [3.63, 3.8) is 0 Å². The minimum Gasteiger partial charge on any atom is -0.328 e. The van der Waals surface area contributed by atoms with Crippen LogP contribution in [0.4, 0.5) is 0 Å². The Morgan fingerprint density at radius 3 is 3.00 bits per heavy atom. The van der Waals surface area contributed by atoms with E-state index in [0.29, 0.717) is 12.0 Å². The number of aromatic nitrogens is 1. The molecule has 2 rings (SSSR count). The number of nitrogens with two attached hydrogens (primary N) is 1. The van der Waals surface area contributed by atoms with Gasteiger partial charge in [-0.15, -0.1) is 12.4 Å². The molecule has 0 amide bonds. The Morgan fingerprint density at radius 2 is 2.33 bits per heavy atom. The highest BCUT2D eigenvalue weighted by Crippen LogP contribution is 2.21. The summed E-state index contributed by atoms with van der Waals surface area (Å²) in [5.41, 5.74) is 8.69. The van der Waals surface area contributed by atoms with Crippen LogP contribution in [0.25, 0.3) is 0 Å². The van der Waals surface area contributed by atoms with Crippen LogP contribution in [0.5, 0.6) is 0 Å². The van der Waals surface area contributed by atoms with Gasteiger partial charge in [0.25, 0.3) is 0 Å². The molecule has 18 heavy (non-hydrogen) atoms.